The molecule has 0 aliphatic heterocycles. The van der Waals surface area contributed by atoms with E-state index < -0.39 is 5.54 Å². The predicted molar refractivity (Wildman–Crippen MR) is 112 cm³/mol. The number of nitrogens with one attached hydrogen (secondary N) is 2. The second-order valence-electron chi connectivity index (χ2n) is 8.14. The largest absolute Gasteiger partial charge is 0.384 e. The minimum atomic E-state index is -0.679. The molecular formula is C22H32N4O3. The summed E-state index contributed by atoms with van der Waals surface area (Å²) in [5, 5.41) is 10.0. The van der Waals surface area contributed by atoms with Crippen LogP contribution in [0.15, 0.2) is 29.4 Å². The van der Waals surface area contributed by atoms with Crippen molar-refractivity contribution < 1.29 is 14.4 Å². The molecule has 4 N–H and O–H groups in total. The number of oxime groups is 1. The van der Waals surface area contributed by atoms with E-state index in [4.69, 9.17) is 10.6 Å². The number of fused-ring (bicyclic) bond motifs is 1. The normalized spacial score (nSPS) is 21.4. The van der Waals surface area contributed by atoms with Crippen molar-refractivity contribution in [1.29, 1.82) is 0 Å². The maximum atomic E-state index is 12.4. The van der Waals surface area contributed by atoms with Crippen molar-refractivity contribution in [3.63, 3.8) is 0 Å². The number of amidine groups is 1. The number of carbonyl (C=O) groups excluding carboxylic acids is 2. The number of nitrogens with zero attached hydrogens (tertiary/aromatic N) is 1. The van der Waals surface area contributed by atoms with Crippen molar-refractivity contribution in [1.82, 2.24) is 10.6 Å². The Balaban J connectivity index is 1.58. The number of amides is 2. The molecule has 1 fully saturated rings. The summed E-state index contributed by atoms with van der Waals surface area (Å²) in [4.78, 5) is 29.4. The number of benzene rings is 1. The van der Waals surface area contributed by atoms with Gasteiger partial charge < -0.3 is 21.2 Å². The molecule has 1 atom stereocenters. The van der Waals surface area contributed by atoms with Crippen molar-refractivity contribution >= 4 is 17.6 Å². The van der Waals surface area contributed by atoms with Crippen LogP contribution in [-0.4, -0.2) is 29.8 Å². The van der Waals surface area contributed by atoms with Gasteiger partial charge in [-0.05, 0) is 43.2 Å². The number of nitrogens with two attached hydrogens (primary N) is 1. The molecule has 0 radical (unpaired) electrons. The summed E-state index contributed by atoms with van der Waals surface area (Å²) in [6.07, 6.45) is 8.64. The molecule has 2 aliphatic carbocycles. The van der Waals surface area contributed by atoms with E-state index in [1.807, 2.05) is 12.1 Å². The maximum Gasteiger partial charge on any atom is 0.261 e. The second-order valence-corrected chi connectivity index (χ2v) is 8.14. The fourth-order valence-electron chi connectivity index (χ4n) is 4.50. The maximum absolute atomic E-state index is 12.4. The molecule has 2 aliphatic rings. The number of hydrogen-bond acceptors (Lipinski definition) is 4. The molecule has 0 bridgehead atoms. The van der Waals surface area contributed by atoms with Crippen LogP contribution in [0.25, 0.3) is 0 Å². The molecule has 0 unspecified atom stereocenters. The zero-order valence-electron chi connectivity index (χ0n) is 17.2. The highest BCUT2D eigenvalue weighted by molar-refractivity contribution is 5.93. The first-order valence-electron chi connectivity index (χ1n) is 10.6. The monoisotopic (exact) mass is 400 g/mol. The highest BCUT2D eigenvalue weighted by Crippen LogP contribution is 2.29. The van der Waals surface area contributed by atoms with Crippen LogP contribution in [0, 0.1) is 0 Å². The zero-order valence-corrected chi connectivity index (χ0v) is 17.2. The first-order chi connectivity index (χ1) is 14.0. The number of aryl methyl sites for hydroxylation is 1. The fourth-order valence-corrected chi connectivity index (χ4v) is 4.50. The van der Waals surface area contributed by atoms with Crippen LogP contribution in [0.5, 0.6) is 0 Å². The number of rotatable bonds is 6. The number of hydrogen-bond donors (Lipinski definition) is 3. The molecular weight excluding hydrogens is 368 g/mol. The summed E-state index contributed by atoms with van der Waals surface area (Å²) in [5.41, 5.74) is 8.00. The van der Waals surface area contributed by atoms with Crippen LogP contribution in [0.3, 0.4) is 0 Å². The van der Waals surface area contributed by atoms with Crippen molar-refractivity contribution in [2.75, 3.05) is 6.61 Å². The van der Waals surface area contributed by atoms with E-state index >= 15 is 0 Å². The van der Waals surface area contributed by atoms with E-state index in [0.29, 0.717) is 0 Å². The summed E-state index contributed by atoms with van der Waals surface area (Å²) >= 11 is 0. The van der Waals surface area contributed by atoms with Gasteiger partial charge in [-0.3, -0.25) is 9.59 Å². The molecule has 0 spiro atoms. The Labute approximate surface area is 172 Å². The average molecular weight is 401 g/mol. The van der Waals surface area contributed by atoms with Gasteiger partial charge in [-0.25, -0.2) is 0 Å². The second kappa shape index (κ2) is 9.76. The van der Waals surface area contributed by atoms with E-state index in [-0.39, 0.29) is 30.3 Å². The minimum Gasteiger partial charge on any atom is -0.384 e. The zero-order chi connectivity index (χ0) is 20.7. The van der Waals surface area contributed by atoms with Crippen LogP contribution in [0.2, 0.25) is 0 Å². The average Bonchev–Trinajstić information content (AvgIpc) is 2.94. The molecule has 1 aromatic carbocycles. The van der Waals surface area contributed by atoms with Gasteiger partial charge in [0.15, 0.2) is 12.4 Å². The molecule has 1 saturated carbocycles. The molecule has 158 valence electrons. The van der Waals surface area contributed by atoms with Crippen LogP contribution in [0.1, 0.15) is 75.5 Å². The Hall–Kier alpha value is -2.57. The summed E-state index contributed by atoms with van der Waals surface area (Å²) in [6, 6.07) is 8.22. The minimum absolute atomic E-state index is 0.00459. The van der Waals surface area contributed by atoms with Gasteiger partial charge in [0.05, 0.1) is 6.04 Å². The molecule has 3 rings (SSSR count). The molecule has 7 nitrogen and oxygen atoms in total. The van der Waals surface area contributed by atoms with Gasteiger partial charge in [-0.1, -0.05) is 55.1 Å². The predicted octanol–water partition coefficient (Wildman–Crippen LogP) is 2.70. The van der Waals surface area contributed by atoms with Gasteiger partial charge in [-0.15, -0.1) is 0 Å². The molecule has 0 heterocycles. The van der Waals surface area contributed by atoms with Gasteiger partial charge in [0, 0.05) is 6.92 Å². The Morgan fingerprint density at radius 3 is 2.62 bits per heavy atom. The third kappa shape index (κ3) is 5.49. The lowest BCUT2D eigenvalue weighted by Gasteiger charge is -2.32. The lowest BCUT2D eigenvalue weighted by molar-refractivity contribution is -0.126. The van der Waals surface area contributed by atoms with E-state index in [0.717, 1.165) is 57.8 Å². The lowest BCUT2D eigenvalue weighted by Crippen LogP contribution is -2.57. The van der Waals surface area contributed by atoms with Crippen molar-refractivity contribution in [3.05, 3.63) is 35.4 Å². The summed E-state index contributed by atoms with van der Waals surface area (Å²) in [6.45, 7) is 1.28. The Kier molecular flexibility index (Phi) is 7.12. The highest BCUT2D eigenvalue weighted by atomic mass is 16.6. The third-order valence-corrected chi connectivity index (χ3v) is 5.93. The summed E-state index contributed by atoms with van der Waals surface area (Å²) in [5.74, 6) is -0.123. The lowest BCUT2D eigenvalue weighted by atomic mass is 9.88. The van der Waals surface area contributed by atoms with E-state index in [1.54, 1.807) is 0 Å². The topological polar surface area (TPSA) is 106 Å². The Bertz CT molecular complexity index is 754. The Morgan fingerprint density at radius 1 is 1.17 bits per heavy atom. The van der Waals surface area contributed by atoms with E-state index in [9.17, 15) is 9.59 Å². The standard InChI is InChI=1S/C22H32N4O3/c1-16(27)25-22(13-6-2-3-7-14-22)21(23)26-29-15-20(28)24-19-12-8-10-17-9-4-5-11-18(17)19/h4-5,9,11,19H,2-3,6-8,10,12-15H2,1H3,(H2,23,26)(H,24,28)(H,25,27)/t19-/m0/s1. The van der Waals surface area contributed by atoms with Crippen LogP contribution in [0.4, 0.5) is 0 Å². The van der Waals surface area contributed by atoms with Crippen molar-refractivity contribution in [2.45, 2.75) is 76.3 Å². The molecule has 29 heavy (non-hydrogen) atoms. The smallest absolute Gasteiger partial charge is 0.261 e. The SMILES string of the molecule is CC(=O)NC1(/C(N)=N\OCC(=O)N[C@H]2CCCc3ccccc32)CCCCCC1. The first-order valence-corrected chi connectivity index (χ1v) is 10.6. The fraction of sp³-hybridized carbons (Fsp3) is 0.591. The quantitative estimate of drug-likeness (QED) is 0.295. The van der Waals surface area contributed by atoms with Crippen molar-refractivity contribution in [2.24, 2.45) is 10.9 Å². The highest BCUT2D eigenvalue weighted by Gasteiger charge is 2.36. The molecule has 2 amide bonds. The molecule has 1 aromatic rings. The molecule has 0 aromatic heterocycles. The van der Waals surface area contributed by atoms with Crippen molar-refractivity contribution in [3.8, 4) is 0 Å². The van der Waals surface area contributed by atoms with Gasteiger partial charge in [0.1, 0.15) is 5.54 Å². The third-order valence-electron chi connectivity index (χ3n) is 5.93. The first kappa shape index (κ1) is 21.1. The summed E-state index contributed by atoms with van der Waals surface area (Å²) in [7, 11) is 0. The molecule has 0 saturated heterocycles. The van der Waals surface area contributed by atoms with Gasteiger partial charge in [0.25, 0.3) is 5.91 Å². The van der Waals surface area contributed by atoms with Gasteiger partial charge >= 0.3 is 0 Å². The molecule has 7 heteroatoms. The van der Waals surface area contributed by atoms with Gasteiger partial charge in [0.2, 0.25) is 5.91 Å². The van der Waals surface area contributed by atoms with Crippen LogP contribution < -0.4 is 16.4 Å². The van der Waals surface area contributed by atoms with E-state index in [2.05, 4.69) is 27.9 Å². The summed E-state index contributed by atoms with van der Waals surface area (Å²) < 4.78 is 0. The van der Waals surface area contributed by atoms with Crippen LogP contribution in [-0.2, 0) is 20.8 Å². The van der Waals surface area contributed by atoms with E-state index in [1.165, 1.54) is 18.1 Å². The van der Waals surface area contributed by atoms with Gasteiger partial charge in [-0.2, -0.15) is 0 Å². The Morgan fingerprint density at radius 2 is 1.90 bits per heavy atom. The number of carbonyl (C=O) groups is 2. The van der Waals surface area contributed by atoms with Crippen LogP contribution >= 0.6 is 0 Å².